The second kappa shape index (κ2) is 9.58. The van der Waals surface area contributed by atoms with Crippen molar-refractivity contribution in [1.29, 1.82) is 0 Å². The van der Waals surface area contributed by atoms with Crippen LogP contribution >= 0.6 is 11.6 Å². The van der Waals surface area contributed by atoms with E-state index in [1.54, 1.807) is 0 Å². The number of amides is 2. The number of β-lactam (4-membered cyclic amide) rings is 1. The number of carbonyl (C=O) groups is 3. The molecule has 0 spiro atoms. The quantitative estimate of drug-likeness (QED) is 0.199. The SMILES string of the molecule is CC(O)C1C(=O)N2C(C(=O)O)=C(CN(C)CCCNC(=O)c3ccc(O)c(O)c3Cl)C(C)[C@H]12. The Labute approximate surface area is 196 Å². The molecule has 2 amide bonds. The molecule has 2 aliphatic heterocycles. The van der Waals surface area contributed by atoms with Crippen molar-refractivity contribution < 1.29 is 34.8 Å². The van der Waals surface area contributed by atoms with E-state index in [-0.39, 0.29) is 34.2 Å². The van der Waals surface area contributed by atoms with Crippen molar-refractivity contribution in [2.24, 2.45) is 11.8 Å². The highest BCUT2D eigenvalue weighted by Crippen LogP contribution is 2.47. The molecule has 11 heteroatoms. The number of aliphatic carboxylic acids is 1. The lowest BCUT2D eigenvalue weighted by Gasteiger charge is -2.46. The molecule has 1 fully saturated rings. The topological polar surface area (TPSA) is 151 Å². The predicted molar refractivity (Wildman–Crippen MR) is 119 cm³/mol. The Morgan fingerprint density at radius 1 is 1.30 bits per heavy atom. The lowest BCUT2D eigenvalue weighted by Crippen LogP contribution is -2.63. The summed E-state index contributed by atoms with van der Waals surface area (Å²) in [6, 6.07) is 2.14. The second-order valence-electron chi connectivity index (χ2n) is 8.57. The summed E-state index contributed by atoms with van der Waals surface area (Å²) in [5.74, 6) is -3.78. The number of hydrogen-bond donors (Lipinski definition) is 5. The van der Waals surface area contributed by atoms with Gasteiger partial charge in [0.25, 0.3) is 5.91 Å². The average molecular weight is 482 g/mol. The summed E-state index contributed by atoms with van der Waals surface area (Å²) in [7, 11) is 1.82. The molecule has 2 heterocycles. The summed E-state index contributed by atoms with van der Waals surface area (Å²) in [4.78, 5) is 39.8. The van der Waals surface area contributed by atoms with Crippen LogP contribution in [0.15, 0.2) is 23.4 Å². The number of carbonyl (C=O) groups excluding carboxylic acids is 2. The summed E-state index contributed by atoms with van der Waals surface area (Å²) in [5, 5.41) is 41.1. The number of fused-ring (bicyclic) bond motifs is 1. The Balaban J connectivity index is 1.56. The summed E-state index contributed by atoms with van der Waals surface area (Å²) in [6.45, 7) is 4.59. The number of rotatable bonds is 9. The molecule has 0 aromatic heterocycles. The van der Waals surface area contributed by atoms with E-state index in [0.29, 0.717) is 31.6 Å². The zero-order chi connectivity index (χ0) is 24.6. The van der Waals surface area contributed by atoms with E-state index in [0.717, 1.165) is 0 Å². The number of carboxylic acid groups (broad SMARTS) is 1. The van der Waals surface area contributed by atoms with Gasteiger partial charge in [0.1, 0.15) is 5.70 Å². The van der Waals surface area contributed by atoms with Crippen LogP contribution in [0.25, 0.3) is 0 Å². The summed E-state index contributed by atoms with van der Waals surface area (Å²) < 4.78 is 0. The molecule has 0 aliphatic carbocycles. The van der Waals surface area contributed by atoms with E-state index < -0.39 is 35.4 Å². The fourth-order valence-corrected chi connectivity index (χ4v) is 4.84. The van der Waals surface area contributed by atoms with Crippen LogP contribution in [0.3, 0.4) is 0 Å². The van der Waals surface area contributed by atoms with Gasteiger partial charge < -0.3 is 35.5 Å². The van der Waals surface area contributed by atoms with Crippen LogP contribution in [0.2, 0.25) is 5.02 Å². The standard InChI is InChI=1S/C22H28ClN3O7/c1-10-13(18(22(32)33)26-17(10)15(11(2)27)21(26)31)9-25(3)8-4-7-24-20(30)12-5-6-14(28)19(29)16(12)23/h5-6,10-11,15,17,27-29H,4,7-9H2,1-3H3,(H,24,30)(H,32,33)/t10?,11?,15?,17-/m1/s1. The third-order valence-corrected chi connectivity index (χ3v) is 6.68. The maximum atomic E-state index is 12.4. The molecule has 0 radical (unpaired) electrons. The zero-order valence-electron chi connectivity index (χ0n) is 18.6. The van der Waals surface area contributed by atoms with Crippen LogP contribution in [0.4, 0.5) is 0 Å². The Hall–Kier alpha value is -2.82. The van der Waals surface area contributed by atoms with Crippen molar-refractivity contribution in [3.63, 3.8) is 0 Å². The first-order valence-corrected chi connectivity index (χ1v) is 11.0. The van der Waals surface area contributed by atoms with Crippen LogP contribution in [0.1, 0.15) is 30.6 Å². The minimum absolute atomic E-state index is 0.00340. The molecule has 33 heavy (non-hydrogen) atoms. The first kappa shape index (κ1) is 24.8. The summed E-state index contributed by atoms with van der Waals surface area (Å²) in [6.07, 6.45) is -0.294. The van der Waals surface area contributed by atoms with Gasteiger partial charge in [0.2, 0.25) is 5.91 Å². The number of aliphatic hydroxyl groups is 1. The van der Waals surface area contributed by atoms with Gasteiger partial charge >= 0.3 is 5.97 Å². The van der Waals surface area contributed by atoms with E-state index in [2.05, 4.69) is 5.32 Å². The van der Waals surface area contributed by atoms with Crippen molar-refractivity contribution in [1.82, 2.24) is 15.1 Å². The van der Waals surface area contributed by atoms with E-state index in [4.69, 9.17) is 11.6 Å². The number of hydrogen-bond acceptors (Lipinski definition) is 7. The lowest BCUT2D eigenvalue weighted by molar-refractivity contribution is -0.163. The van der Waals surface area contributed by atoms with E-state index in [9.17, 15) is 34.8 Å². The highest BCUT2D eigenvalue weighted by molar-refractivity contribution is 6.35. The van der Waals surface area contributed by atoms with Gasteiger partial charge in [0.05, 0.1) is 28.6 Å². The molecule has 1 aromatic rings. The first-order chi connectivity index (χ1) is 15.5. The number of halogens is 1. The zero-order valence-corrected chi connectivity index (χ0v) is 19.3. The number of benzene rings is 1. The van der Waals surface area contributed by atoms with Gasteiger partial charge in [-0.25, -0.2) is 4.79 Å². The molecule has 2 aliphatic rings. The fourth-order valence-electron chi connectivity index (χ4n) is 4.60. The lowest BCUT2D eigenvalue weighted by atomic mass is 9.77. The molecular formula is C22H28ClN3O7. The third kappa shape index (κ3) is 4.50. The molecule has 5 N–H and O–H groups in total. The van der Waals surface area contributed by atoms with Crippen molar-refractivity contribution in [2.45, 2.75) is 32.4 Å². The minimum Gasteiger partial charge on any atom is -0.504 e. The van der Waals surface area contributed by atoms with Crippen LogP contribution in [-0.4, -0.2) is 86.8 Å². The van der Waals surface area contributed by atoms with Crippen LogP contribution < -0.4 is 5.32 Å². The Morgan fingerprint density at radius 2 is 1.97 bits per heavy atom. The predicted octanol–water partition coefficient (Wildman–Crippen LogP) is 0.999. The molecule has 180 valence electrons. The van der Waals surface area contributed by atoms with Gasteiger partial charge in [-0.2, -0.15) is 0 Å². The Bertz CT molecular complexity index is 1010. The van der Waals surface area contributed by atoms with E-state index in [1.807, 2.05) is 18.9 Å². The maximum absolute atomic E-state index is 12.4. The number of phenols is 2. The molecule has 1 aromatic carbocycles. The third-order valence-electron chi connectivity index (χ3n) is 6.30. The Kier molecular flexibility index (Phi) is 7.20. The highest BCUT2D eigenvalue weighted by atomic mass is 35.5. The molecule has 10 nitrogen and oxygen atoms in total. The molecule has 3 rings (SSSR count). The van der Waals surface area contributed by atoms with Gasteiger partial charge in [-0.15, -0.1) is 0 Å². The van der Waals surface area contributed by atoms with Crippen molar-refractivity contribution in [2.75, 3.05) is 26.7 Å². The number of aliphatic hydroxyl groups excluding tert-OH is 1. The molecule has 0 bridgehead atoms. The number of nitrogens with zero attached hydrogens (tertiary/aromatic N) is 2. The van der Waals surface area contributed by atoms with E-state index in [1.165, 1.54) is 24.0 Å². The number of aromatic hydroxyl groups is 2. The first-order valence-electron chi connectivity index (χ1n) is 10.6. The van der Waals surface area contributed by atoms with Crippen molar-refractivity contribution >= 4 is 29.4 Å². The Morgan fingerprint density at radius 3 is 2.58 bits per heavy atom. The number of nitrogens with one attached hydrogen (secondary N) is 1. The number of likely N-dealkylation sites (N-methyl/N-ethyl adjacent to an activating group) is 1. The van der Waals surface area contributed by atoms with Crippen LogP contribution in [-0.2, 0) is 9.59 Å². The maximum Gasteiger partial charge on any atom is 0.352 e. The van der Waals surface area contributed by atoms with Crippen molar-refractivity contribution in [3.8, 4) is 11.5 Å². The number of phenolic OH excluding ortho intramolecular Hbond substituents is 2. The normalized spacial score (nSPS) is 22.9. The molecule has 3 unspecified atom stereocenters. The monoisotopic (exact) mass is 481 g/mol. The largest absolute Gasteiger partial charge is 0.504 e. The van der Waals surface area contributed by atoms with Crippen molar-refractivity contribution in [3.05, 3.63) is 34.0 Å². The van der Waals surface area contributed by atoms with Gasteiger partial charge in [0.15, 0.2) is 11.5 Å². The molecule has 0 saturated carbocycles. The molecule has 1 saturated heterocycles. The smallest absolute Gasteiger partial charge is 0.352 e. The second-order valence-corrected chi connectivity index (χ2v) is 8.95. The van der Waals surface area contributed by atoms with Gasteiger partial charge in [0, 0.05) is 19.0 Å². The van der Waals surface area contributed by atoms with Crippen LogP contribution in [0, 0.1) is 11.8 Å². The van der Waals surface area contributed by atoms with Gasteiger partial charge in [-0.3, -0.25) is 9.59 Å². The molecular weight excluding hydrogens is 454 g/mol. The van der Waals surface area contributed by atoms with Gasteiger partial charge in [-0.1, -0.05) is 18.5 Å². The average Bonchev–Trinajstić information content (AvgIpc) is 2.97. The summed E-state index contributed by atoms with van der Waals surface area (Å²) in [5.41, 5.74) is 0.677. The van der Waals surface area contributed by atoms with E-state index >= 15 is 0 Å². The molecule has 4 atom stereocenters. The highest BCUT2D eigenvalue weighted by Gasteiger charge is 2.59. The van der Waals surface area contributed by atoms with Gasteiger partial charge in [-0.05, 0) is 44.6 Å². The summed E-state index contributed by atoms with van der Waals surface area (Å²) >= 11 is 5.90. The number of carboxylic acids is 1. The minimum atomic E-state index is -1.16. The fraction of sp³-hybridized carbons (Fsp3) is 0.500. The van der Waals surface area contributed by atoms with Crippen LogP contribution in [0.5, 0.6) is 11.5 Å².